The molecule has 3 rings (SSSR count). The lowest BCUT2D eigenvalue weighted by atomic mass is 10.1. The maximum absolute atomic E-state index is 12.9. The molecular formula is C19H18ClN3O5S. The fourth-order valence-corrected chi connectivity index (χ4v) is 3.99. The Morgan fingerprint density at radius 3 is 2.66 bits per heavy atom. The lowest BCUT2D eigenvalue weighted by molar-refractivity contribution is 0.0599. The van der Waals surface area contributed by atoms with Gasteiger partial charge in [0.2, 0.25) is 21.7 Å². The van der Waals surface area contributed by atoms with E-state index in [0.717, 1.165) is 4.31 Å². The van der Waals surface area contributed by atoms with Crippen LogP contribution in [0, 0.1) is 6.92 Å². The van der Waals surface area contributed by atoms with E-state index in [1.807, 2.05) is 0 Å². The molecule has 0 radical (unpaired) electrons. The van der Waals surface area contributed by atoms with Crippen molar-refractivity contribution in [3.05, 3.63) is 64.5 Å². The van der Waals surface area contributed by atoms with Gasteiger partial charge < -0.3 is 9.26 Å². The standard InChI is InChI=1S/C19H18ClN3O5S/c1-12-8-9-13(10-15(12)19(24)27-3)29(25,26)23(2)11-17-21-18(22-28-17)14-6-4-5-7-16(14)20/h4-10H,11H2,1-3H3. The molecule has 0 saturated carbocycles. The van der Waals surface area contributed by atoms with Crippen LogP contribution in [0.15, 0.2) is 51.9 Å². The van der Waals surface area contributed by atoms with Crippen LogP contribution >= 0.6 is 11.6 Å². The number of ether oxygens (including phenoxy) is 1. The first kappa shape index (κ1) is 21.0. The number of sulfonamides is 1. The molecule has 0 saturated heterocycles. The molecule has 0 aliphatic rings. The van der Waals surface area contributed by atoms with Gasteiger partial charge in [0, 0.05) is 12.6 Å². The first-order valence-electron chi connectivity index (χ1n) is 8.47. The minimum atomic E-state index is -3.91. The molecule has 0 aliphatic carbocycles. The van der Waals surface area contributed by atoms with Gasteiger partial charge in [-0.1, -0.05) is 35.0 Å². The normalized spacial score (nSPS) is 11.6. The highest BCUT2D eigenvalue weighted by atomic mass is 35.5. The number of benzene rings is 2. The third-order valence-electron chi connectivity index (χ3n) is 4.26. The summed E-state index contributed by atoms with van der Waals surface area (Å²) in [4.78, 5) is 16.0. The molecular weight excluding hydrogens is 418 g/mol. The molecule has 0 spiro atoms. The third-order valence-corrected chi connectivity index (χ3v) is 6.39. The number of rotatable bonds is 6. The van der Waals surface area contributed by atoms with Gasteiger partial charge in [0.15, 0.2) is 0 Å². The van der Waals surface area contributed by atoms with Gasteiger partial charge in [-0.15, -0.1) is 0 Å². The van der Waals surface area contributed by atoms with Crippen molar-refractivity contribution in [3.8, 4) is 11.4 Å². The highest BCUT2D eigenvalue weighted by Crippen LogP contribution is 2.26. The summed E-state index contributed by atoms with van der Waals surface area (Å²) in [6.07, 6.45) is 0. The molecule has 0 amide bonds. The number of carbonyl (C=O) groups excluding carboxylic acids is 1. The van der Waals surface area contributed by atoms with E-state index in [4.69, 9.17) is 20.9 Å². The Balaban J connectivity index is 1.85. The number of hydrogen-bond acceptors (Lipinski definition) is 7. The van der Waals surface area contributed by atoms with Gasteiger partial charge >= 0.3 is 5.97 Å². The van der Waals surface area contributed by atoms with E-state index in [0.29, 0.717) is 16.1 Å². The van der Waals surface area contributed by atoms with Crippen molar-refractivity contribution >= 4 is 27.6 Å². The topological polar surface area (TPSA) is 103 Å². The summed E-state index contributed by atoms with van der Waals surface area (Å²) in [7, 11) is -1.29. The van der Waals surface area contributed by atoms with Gasteiger partial charge in [0.05, 0.1) is 29.1 Å². The molecule has 0 bridgehead atoms. The number of esters is 1. The number of methoxy groups -OCH3 is 1. The van der Waals surface area contributed by atoms with Gasteiger partial charge in [-0.25, -0.2) is 13.2 Å². The number of aromatic nitrogens is 2. The second-order valence-corrected chi connectivity index (χ2v) is 8.67. The van der Waals surface area contributed by atoms with Crippen LogP contribution in [-0.4, -0.2) is 43.0 Å². The van der Waals surface area contributed by atoms with E-state index < -0.39 is 16.0 Å². The predicted octanol–water partition coefficient (Wildman–Crippen LogP) is 3.31. The summed E-state index contributed by atoms with van der Waals surface area (Å²) >= 11 is 6.13. The molecule has 1 heterocycles. The number of carbonyl (C=O) groups is 1. The Morgan fingerprint density at radius 1 is 1.24 bits per heavy atom. The Hall–Kier alpha value is -2.75. The van der Waals surface area contributed by atoms with Crippen molar-refractivity contribution in [1.29, 1.82) is 0 Å². The zero-order valence-corrected chi connectivity index (χ0v) is 17.5. The zero-order valence-electron chi connectivity index (χ0n) is 15.9. The molecule has 0 aliphatic heterocycles. The summed E-state index contributed by atoms with van der Waals surface area (Å²) in [5.41, 5.74) is 1.37. The van der Waals surface area contributed by atoms with Gasteiger partial charge in [-0.3, -0.25) is 0 Å². The van der Waals surface area contributed by atoms with Crippen LogP contribution in [-0.2, 0) is 21.3 Å². The number of hydrogen-bond donors (Lipinski definition) is 0. The van der Waals surface area contributed by atoms with Crippen LogP contribution in [0.5, 0.6) is 0 Å². The molecule has 3 aromatic rings. The van der Waals surface area contributed by atoms with Gasteiger partial charge in [0.1, 0.15) is 0 Å². The Bertz CT molecular complexity index is 1160. The highest BCUT2D eigenvalue weighted by molar-refractivity contribution is 7.89. The number of halogens is 1. The lowest BCUT2D eigenvalue weighted by Gasteiger charge is -2.16. The second-order valence-electron chi connectivity index (χ2n) is 6.22. The molecule has 10 heteroatoms. The molecule has 2 aromatic carbocycles. The molecule has 152 valence electrons. The van der Waals surface area contributed by atoms with Crippen molar-refractivity contribution in [2.45, 2.75) is 18.4 Å². The average molecular weight is 436 g/mol. The Kier molecular flexibility index (Phi) is 6.02. The van der Waals surface area contributed by atoms with Crippen LogP contribution in [0.1, 0.15) is 21.8 Å². The molecule has 0 atom stereocenters. The van der Waals surface area contributed by atoms with Gasteiger partial charge in [-0.2, -0.15) is 9.29 Å². The summed E-state index contributed by atoms with van der Waals surface area (Å²) < 4.78 is 36.7. The smallest absolute Gasteiger partial charge is 0.338 e. The number of aryl methyl sites for hydroxylation is 1. The van der Waals surface area contributed by atoms with Crippen LogP contribution < -0.4 is 0 Å². The second kappa shape index (κ2) is 8.32. The molecule has 0 N–H and O–H groups in total. The van der Waals surface area contributed by atoms with E-state index >= 15 is 0 Å². The maximum atomic E-state index is 12.9. The van der Waals surface area contributed by atoms with E-state index in [9.17, 15) is 13.2 Å². The van der Waals surface area contributed by atoms with Crippen molar-refractivity contribution in [2.24, 2.45) is 0 Å². The first-order valence-corrected chi connectivity index (χ1v) is 10.3. The van der Waals surface area contributed by atoms with Crippen LogP contribution in [0.25, 0.3) is 11.4 Å². The van der Waals surface area contributed by atoms with Crippen LogP contribution in [0.3, 0.4) is 0 Å². The van der Waals surface area contributed by atoms with E-state index in [-0.39, 0.29) is 28.7 Å². The van der Waals surface area contributed by atoms with Crippen LogP contribution in [0.4, 0.5) is 0 Å². The summed E-state index contributed by atoms with van der Waals surface area (Å²) in [6, 6.07) is 11.3. The van der Waals surface area contributed by atoms with Gasteiger partial charge in [-0.05, 0) is 36.8 Å². The molecule has 0 fully saturated rings. The van der Waals surface area contributed by atoms with Crippen molar-refractivity contribution in [1.82, 2.24) is 14.4 Å². The zero-order chi connectivity index (χ0) is 21.2. The Morgan fingerprint density at radius 2 is 1.97 bits per heavy atom. The monoisotopic (exact) mass is 435 g/mol. The fourth-order valence-electron chi connectivity index (χ4n) is 2.62. The predicted molar refractivity (Wildman–Crippen MR) is 106 cm³/mol. The first-order chi connectivity index (χ1) is 13.7. The van der Waals surface area contributed by atoms with E-state index in [2.05, 4.69) is 10.1 Å². The molecule has 8 nitrogen and oxygen atoms in total. The lowest BCUT2D eigenvalue weighted by Crippen LogP contribution is -2.27. The summed E-state index contributed by atoms with van der Waals surface area (Å²) in [5.74, 6) is -0.241. The van der Waals surface area contributed by atoms with E-state index in [1.165, 1.54) is 26.3 Å². The maximum Gasteiger partial charge on any atom is 0.338 e. The van der Waals surface area contributed by atoms with Gasteiger partial charge in [0.25, 0.3) is 0 Å². The third kappa shape index (κ3) is 4.31. The van der Waals surface area contributed by atoms with E-state index in [1.54, 1.807) is 37.3 Å². The highest BCUT2D eigenvalue weighted by Gasteiger charge is 2.25. The summed E-state index contributed by atoms with van der Waals surface area (Å²) in [5, 5.41) is 4.32. The minimum Gasteiger partial charge on any atom is -0.465 e. The number of nitrogens with zero attached hydrogens (tertiary/aromatic N) is 3. The van der Waals surface area contributed by atoms with Crippen LogP contribution in [0.2, 0.25) is 5.02 Å². The Labute approximate surface area is 173 Å². The quantitative estimate of drug-likeness (QED) is 0.547. The molecule has 1 aromatic heterocycles. The van der Waals surface area contributed by atoms with Crippen molar-refractivity contribution in [3.63, 3.8) is 0 Å². The molecule has 0 unspecified atom stereocenters. The summed E-state index contributed by atoms with van der Waals surface area (Å²) in [6.45, 7) is 1.54. The van der Waals surface area contributed by atoms with Crippen molar-refractivity contribution < 1.29 is 22.5 Å². The fraction of sp³-hybridized carbons (Fsp3) is 0.211. The average Bonchev–Trinajstić information content (AvgIpc) is 3.16. The largest absolute Gasteiger partial charge is 0.465 e. The SMILES string of the molecule is COC(=O)c1cc(S(=O)(=O)N(C)Cc2nc(-c3ccccc3Cl)no2)ccc1C. The minimum absolute atomic E-state index is 0.0446. The van der Waals surface area contributed by atoms with Crippen molar-refractivity contribution in [2.75, 3.05) is 14.2 Å². The molecule has 29 heavy (non-hydrogen) atoms.